The van der Waals surface area contributed by atoms with Gasteiger partial charge in [0, 0.05) is 6.07 Å². The van der Waals surface area contributed by atoms with Crippen LogP contribution >= 0.6 is 11.6 Å². The summed E-state index contributed by atoms with van der Waals surface area (Å²) < 4.78 is 18.2. The lowest BCUT2D eigenvalue weighted by Gasteiger charge is -2.09. The Labute approximate surface area is 86.1 Å². The molecule has 0 aliphatic rings. The van der Waals surface area contributed by atoms with E-state index in [4.69, 9.17) is 21.7 Å². The van der Waals surface area contributed by atoms with Crippen LogP contribution in [0.3, 0.4) is 0 Å². The summed E-state index contributed by atoms with van der Waals surface area (Å²) >= 11 is 5.71. The summed E-state index contributed by atoms with van der Waals surface area (Å²) in [5.41, 5.74) is -0.190. The first-order valence-corrected chi connectivity index (χ1v) is 4.43. The second-order valence-corrected chi connectivity index (χ2v) is 3.41. The third kappa shape index (κ3) is 2.33. The van der Waals surface area contributed by atoms with Crippen LogP contribution in [0.1, 0.15) is 13.8 Å². The molecule has 0 spiro atoms. The Kier molecular flexibility index (Phi) is 3.26. The lowest BCUT2D eigenvalue weighted by atomic mass is 10.3. The highest BCUT2D eigenvalue weighted by molar-refractivity contribution is 6.32. The molecule has 0 amide bonds. The van der Waals surface area contributed by atoms with Crippen LogP contribution in [0.15, 0.2) is 12.1 Å². The molecule has 0 saturated carbocycles. The maximum Gasteiger partial charge on any atom is 0.424 e. The van der Waals surface area contributed by atoms with Crippen molar-refractivity contribution in [2.45, 2.75) is 20.0 Å². The van der Waals surface area contributed by atoms with Crippen molar-refractivity contribution in [3.63, 3.8) is 0 Å². The summed E-state index contributed by atoms with van der Waals surface area (Å²) in [6.45, 7) is 3.63. The Morgan fingerprint density at radius 1 is 1.50 bits per heavy atom. The molecule has 0 bridgehead atoms. The predicted octanol–water partition coefficient (Wildman–Crippen LogP) is 3.75. The third-order valence-corrected chi connectivity index (χ3v) is 1.77. The number of diazo groups is 1. The van der Waals surface area contributed by atoms with Crippen molar-refractivity contribution in [3.8, 4) is 5.75 Å². The molecule has 0 N–H and O–H groups in total. The standard InChI is InChI=1S/C9H9ClFN2O/c1-5(2)14-9-4-8(13-12)7(11)3-6(9)10/h3-5H,1-2H3/q+1. The second-order valence-electron chi connectivity index (χ2n) is 3.00. The van der Waals surface area contributed by atoms with Crippen molar-refractivity contribution in [2.24, 2.45) is 0 Å². The van der Waals surface area contributed by atoms with Crippen LogP contribution in [-0.2, 0) is 0 Å². The molecular weight excluding hydrogens is 207 g/mol. The maximum absolute atomic E-state index is 13.0. The highest BCUT2D eigenvalue weighted by Gasteiger charge is 2.19. The monoisotopic (exact) mass is 215 g/mol. The van der Waals surface area contributed by atoms with E-state index in [1.807, 2.05) is 13.8 Å². The first kappa shape index (κ1) is 10.7. The molecule has 0 aromatic heterocycles. The van der Waals surface area contributed by atoms with Crippen molar-refractivity contribution < 1.29 is 9.13 Å². The van der Waals surface area contributed by atoms with Gasteiger partial charge >= 0.3 is 5.69 Å². The Bertz CT molecular complexity index is 387. The van der Waals surface area contributed by atoms with Crippen molar-refractivity contribution >= 4 is 17.3 Å². The van der Waals surface area contributed by atoms with E-state index in [1.165, 1.54) is 6.07 Å². The maximum atomic E-state index is 13.0. The fourth-order valence-corrected chi connectivity index (χ4v) is 1.13. The summed E-state index contributed by atoms with van der Waals surface area (Å²) in [7, 11) is 0. The molecular formula is C9H9ClFN2O+. The SMILES string of the molecule is CC(C)Oc1cc([N+]#N)c(F)cc1Cl. The van der Waals surface area contributed by atoms with E-state index in [2.05, 4.69) is 4.98 Å². The van der Waals surface area contributed by atoms with Crippen LogP contribution in [0.5, 0.6) is 5.75 Å². The minimum atomic E-state index is -0.686. The average Bonchev–Trinajstić information content (AvgIpc) is 2.09. The van der Waals surface area contributed by atoms with E-state index < -0.39 is 5.82 Å². The van der Waals surface area contributed by atoms with Gasteiger partial charge in [0.15, 0.2) is 4.98 Å². The number of halogens is 2. The van der Waals surface area contributed by atoms with E-state index in [1.54, 1.807) is 0 Å². The zero-order chi connectivity index (χ0) is 10.7. The van der Waals surface area contributed by atoms with E-state index in [0.717, 1.165) is 6.07 Å². The van der Waals surface area contributed by atoms with Crippen LogP contribution in [0.4, 0.5) is 10.1 Å². The largest absolute Gasteiger partial charge is 0.489 e. The van der Waals surface area contributed by atoms with Crippen molar-refractivity contribution in [1.29, 1.82) is 5.39 Å². The molecule has 0 aliphatic carbocycles. The van der Waals surface area contributed by atoms with E-state index in [-0.39, 0.29) is 16.8 Å². The minimum absolute atomic E-state index is 0.0792. The number of hydrogen-bond acceptors (Lipinski definition) is 2. The molecule has 0 fully saturated rings. The van der Waals surface area contributed by atoms with Gasteiger partial charge < -0.3 is 4.74 Å². The number of hydrogen-bond donors (Lipinski definition) is 0. The summed E-state index contributed by atoms with van der Waals surface area (Å²) in [6, 6.07) is 2.30. The fraction of sp³-hybridized carbons (Fsp3) is 0.333. The number of rotatable bonds is 2. The van der Waals surface area contributed by atoms with Crippen LogP contribution in [-0.4, -0.2) is 6.10 Å². The molecule has 0 saturated heterocycles. The van der Waals surface area contributed by atoms with Gasteiger partial charge in [0.1, 0.15) is 5.75 Å². The van der Waals surface area contributed by atoms with Crippen LogP contribution in [0, 0.1) is 11.2 Å². The first-order chi connectivity index (χ1) is 6.54. The minimum Gasteiger partial charge on any atom is -0.489 e. The lowest BCUT2D eigenvalue weighted by molar-refractivity contribution is 0.242. The second kappa shape index (κ2) is 4.25. The predicted molar refractivity (Wildman–Crippen MR) is 51.9 cm³/mol. The van der Waals surface area contributed by atoms with Crippen molar-refractivity contribution in [2.75, 3.05) is 0 Å². The topological polar surface area (TPSA) is 37.4 Å². The highest BCUT2D eigenvalue weighted by atomic mass is 35.5. The molecule has 14 heavy (non-hydrogen) atoms. The van der Waals surface area contributed by atoms with Gasteiger partial charge in [0.25, 0.3) is 0 Å². The first-order valence-electron chi connectivity index (χ1n) is 4.05. The van der Waals surface area contributed by atoms with Crippen LogP contribution < -0.4 is 4.74 Å². The van der Waals surface area contributed by atoms with Crippen molar-refractivity contribution in [3.05, 3.63) is 27.9 Å². The molecule has 3 nitrogen and oxygen atoms in total. The Morgan fingerprint density at radius 2 is 2.14 bits per heavy atom. The van der Waals surface area contributed by atoms with E-state index >= 15 is 0 Å². The molecule has 0 aliphatic heterocycles. The van der Waals surface area contributed by atoms with E-state index in [0.29, 0.717) is 5.75 Å². The highest BCUT2D eigenvalue weighted by Crippen LogP contribution is 2.32. The van der Waals surface area contributed by atoms with Gasteiger partial charge in [-0.1, -0.05) is 11.6 Å². The number of ether oxygens (including phenoxy) is 1. The average molecular weight is 216 g/mol. The lowest BCUT2D eigenvalue weighted by Crippen LogP contribution is -2.05. The molecule has 1 aromatic carbocycles. The molecule has 74 valence electrons. The summed E-state index contributed by atoms with van der Waals surface area (Å²) in [6.07, 6.45) is -0.0792. The van der Waals surface area contributed by atoms with Gasteiger partial charge in [0.2, 0.25) is 11.2 Å². The fourth-order valence-electron chi connectivity index (χ4n) is 0.939. The van der Waals surface area contributed by atoms with Gasteiger partial charge in [-0.25, -0.2) is 0 Å². The molecule has 0 heterocycles. The van der Waals surface area contributed by atoms with Gasteiger partial charge in [-0.3, -0.25) is 0 Å². The normalized spacial score (nSPS) is 10.0. The molecule has 1 rings (SSSR count). The van der Waals surface area contributed by atoms with Crippen LogP contribution in [0.2, 0.25) is 5.02 Å². The van der Waals surface area contributed by atoms with Gasteiger partial charge in [0.05, 0.1) is 17.2 Å². The number of benzene rings is 1. The zero-order valence-electron chi connectivity index (χ0n) is 7.79. The van der Waals surface area contributed by atoms with Crippen LogP contribution in [0.25, 0.3) is 4.98 Å². The van der Waals surface area contributed by atoms with Gasteiger partial charge in [-0.2, -0.15) is 4.39 Å². The Hall–Kier alpha value is -1.34. The Morgan fingerprint density at radius 3 is 2.64 bits per heavy atom. The third-order valence-electron chi connectivity index (χ3n) is 1.47. The molecule has 0 unspecified atom stereocenters. The zero-order valence-corrected chi connectivity index (χ0v) is 8.55. The summed E-state index contributed by atoms with van der Waals surface area (Å²) in [4.78, 5) is 2.77. The van der Waals surface area contributed by atoms with Gasteiger partial charge in [-0.15, -0.1) is 0 Å². The molecule has 0 atom stereocenters. The Balaban J connectivity index is 3.12. The molecule has 1 aromatic rings. The quantitative estimate of drug-likeness (QED) is 0.705. The summed E-state index contributed by atoms with van der Waals surface area (Å²) in [5, 5.41) is 8.61. The smallest absolute Gasteiger partial charge is 0.424 e. The van der Waals surface area contributed by atoms with E-state index in [9.17, 15) is 4.39 Å². The summed E-state index contributed by atoms with van der Waals surface area (Å²) in [5.74, 6) is -0.385. The van der Waals surface area contributed by atoms with Crippen molar-refractivity contribution in [1.82, 2.24) is 0 Å². The molecule has 0 radical (unpaired) electrons. The molecule has 5 heteroatoms. The van der Waals surface area contributed by atoms with Gasteiger partial charge in [-0.05, 0) is 13.8 Å². The number of nitrogens with zero attached hydrogens (tertiary/aromatic N) is 2.